The number of likely N-dealkylation sites (tertiary alicyclic amines) is 1. The maximum absolute atomic E-state index is 13.8. The molecular weight excluding hydrogens is 466 g/mol. The van der Waals surface area contributed by atoms with Gasteiger partial charge >= 0.3 is 6.01 Å². The number of nitrogens with two attached hydrogens (primary N) is 1. The molecule has 37 heavy (non-hydrogen) atoms. The highest BCUT2D eigenvalue weighted by Crippen LogP contribution is 2.42. The summed E-state index contributed by atoms with van der Waals surface area (Å²) < 4.78 is 5.50. The zero-order valence-electron chi connectivity index (χ0n) is 21.6. The molecule has 3 aromatic rings. The van der Waals surface area contributed by atoms with Crippen LogP contribution in [0.3, 0.4) is 0 Å². The van der Waals surface area contributed by atoms with Gasteiger partial charge in [0.25, 0.3) is 5.91 Å². The van der Waals surface area contributed by atoms with Gasteiger partial charge in [0, 0.05) is 29.8 Å². The minimum atomic E-state index is -0.402. The molecule has 2 heterocycles. The van der Waals surface area contributed by atoms with E-state index in [-0.39, 0.29) is 11.8 Å². The van der Waals surface area contributed by atoms with E-state index in [1.54, 1.807) is 6.07 Å². The van der Waals surface area contributed by atoms with Crippen molar-refractivity contribution in [2.75, 3.05) is 19.7 Å². The summed E-state index contributed by atoms with van der Waals surface area (Å²) in [6, 6.07) is 12.2. The van der Waals surface area contributed by atoms with Crippen molar-refractivity contribution in [3.63, 3.8) is 0 Å². The number of H-pyrrole nitrogens is 1. The van der Waals surface area contributed by atoms with E-state index in [4.69, 9.17) is 10.5 Å². The number of nitrogens with one attached hydrogen (secondary N) is 1. The van der Waals surface area contributed by atoms with E-state index in [0.717, 1.165) is 54.4 Å². The Morgan fingerprint density at radius 3 is 2.38 bits per heavy atom. The second-order valence-electron chi connectivity index (χ2n) is 10.0. The molecule has 5 rings (SSSR count). The molecule has 8 nitrogen and oxygen atoms in total. The Kier molecular flexibility index (Phi) is 7.26. The summed E-state index contributed by atoms with van der Waals surface area (Å²) in [5, 5.41) is 8.48. The van der Waals surface area contributed by atoms with Crippen LogP contribution in [0.1, 0.15) is 95.2 Å². The Labute approximate surface area is 217 Å². The predicted octanol–water partition coefficient (Wildman–Crippen LogP) is 4.82. The monoisotopic (exact) mass is 501 g/mol. The number of nitrogens with zero attached hydrogens (tertiary/aromatic N) is 3. The van der Waals surface area contributed by atoms with Crippen molar-refractivity contribution in [2.24, 2.45) is 5.73 Å². The van der Waals surface area contributed by atoms with E-state index < -0.39 is 5.91 Å². The maximum Gasteiger partial charge on any atom is 0.314 e. The molecular formula is C29H35N5O3. The number of benzene rings is 2. The van der Waals surface area contributed by atoms with Crippen LogP contribution >= 0.6 is 0 Å². The highest BCUT2D eigenvalue weighted by molar-refractivity contribution is 5.97. The van der Waals surface area contributed by atoms with Gasteiger partial charge in [0.05, 0.1) is 6.61 Å². The van der Waals surface area contributed by atoms with Gasteiger partial charge in [0.15, 0.2) is 5.82 Å². The van der Waals surface area contributed by atoms with Crippen molar-refractivity contribution >= 4 is 11.8 Å². The van der Waals surface area contributed by atoms with Crippen molar-refractivity contribution in [2.45, 2.75) is 64.2 Å². The smallest absolute Gasteiger partial charge is 0.314 e. The lowest BCUT2D eigenvalue weighted by Crippen LogP contribution is -2.38. The second-order valence-corrected chi connectivity index (χ2v) is 10.0. The second kappa shape index (κ2) is 10.7. The number of piperidine rings is 1. The summed E-state index contributed by atoms with van der Waals surface area (Å²) in [5.74, 6) is 0.973. The number of ether oxygens (including phenoxy) is 1. The number of primary amides is 1. The van der Waals surface area contributed by atoms with E-state index >= 15 is 0 Å². The van der Waals surface area contributed by atoms with Crippen molar-refractivity contribution in [3.8, 4) is 17.4 Å². The Balaban J connectivity index is 1.41. The van der Waals surface area contributed by atoms with Gasteiger partial charge in [-0.3, -0.25) is 14.6 Å². The fraction of sp³-hybridized carbons (Fsp3) is 0.448. The lowest BCUT2D eigenvalue weighted by molar-refractivity contribution is 0.0710. The molecule has 8 heteroatoms. The van der Waals surface area contributed by atoms with Crippen LogP contribution in [0.5, 0.6) is 6.01 Å². The number of aromatic nitrogens is 3. The molecule has 1 saturated heterocycles. The molecule has 0 radical (unpaired) electrons. The van der Waals surface area contributed by atoms with Crippen LogP contribution in [0.15, 0.2) is 36.4 Å². The third kappa shape index (κ3) is 4.97. The third-order valence-corrected chi connectivity index (χ3v) is 7.88. The van der Waals surface area contributed by atoms with Gasteiger partial charge in [-0.1, -0.05) is 42.7 Å². The van der Waals surface area contributed by atoms with Gasteiger partial charge in [0.1, 0.15) is 0 Å². The van der Waals surface area contributed by atoms with Gasteiger partial charge in [-0.05, 0) is 79.7 Å². The molecule has 0 spiro atoms. The number of aromatic amines is 1. The van der Waals surface area contributed by atoms with Gasteiger partial charge < -0.3 is 15.4 Å². The first-order chi connectivity index (χ1) is 18.0. The van der Waals surface area contributed by atoms with Crippen molar-refractivity contribution in [1.82, 2.24) is 20.1 Å². The first-order valence-electron chi connectivity index (χ1n) is 13.4. The Morgan fingerprint density at radius 1 is 1.00 bits per heavy atom. The van der Waals surface area contributed by atoms with Crippen LogP contribution in [0.4, 0.5) is 0 Å². The number of amides is 2. The summed E-state index contributed by atoms with van der Waals surface area (Å²) in [7, 11) is 0. The first kappa shape index (κ1) is 25.0. The fourth-order valence-corrected chi connectivity index (χ4v) is 5.63. The number of rotatable bonds is 8. The summed E-state index contributed by atoms with van der Waals surface area (Å²) in [5.41, 5.74) is 11.1. The first-order valence-corrected chi connectivity index (χ1v) is 13.4. The molecule has 2 fully saturated rings. The lowest BCUT2D eigenvalue weighted by Gasteiger charge is -2.34. The molecule has 0 unspecified atom stereocenters. The molecule has 1 aliphatic carbocycles. The Bertz CT molecular complexity index is 1290. The molecule has 0 bridgehead atoms. The van der Waals surface area contributed by atoms with E-state index in [0.29, 0.717) is 43.0 Å². The Morgan fingerprint density at radius 2 is 1.73 bits per heavy atom. The Hall–Kier alpha value is -3.68. The number of hydrogen-bond acceptors (Lipinski definition) is 5. The van der Waals surface area contributed by atoms with E-state index in [2.05, 4.69) is 28.2 Å². The number of hydrogen-bond donors (Lipinski definition) is 2. The van der Waals surface area contributed by atoms with Crippen LogP contribution in [0, 0.1) is 0 Å². The average Bonchev–Trinajstić information content (AvgIpc) is 3.35. The van der Waals surface area contributed by atoms with Crippen molar-refractivity contribution in [1.29, 1.82) is 0 Å². The van der Waals surface area contributed by atoms with Crippen LogP contribution in [0.25, 0.3) is 11.4 Å². The number of carbonyl (C=O) groups is 2. The van der Waals surface area contributed by atoms with Gasteiger partial charge in [-0.15, -0.1) is 5.10 Å². The average molecular weight is 502 g/mol. The van der Waals surface area contributed by atoms with Crippen LogP contribution < -0.4 is 10.5 Å². The van der Waals surface area contributed by atoms with Crippen LogP contribution in [0.2, 0.25) is 0 Å². The molecule has 1 aromatic heterocycles. The minimum Gasteiger partial charge on any atom is -0.464 e. The molecule has 1 aliphatic heterocycles. The van der Waals surface area contributed by atoms with E-state index in [9.17, 15) is 9.59 Å². The zero-order chi connectivity index (χ0) is 25.9. The van der Waals surface area contributed by atoms with E-state index in [1.165, 1.54) is 12.0 Å². The third-order valence-electron chi connectivity index (χ3n) is 7.88. The summed E-state index contributed by atoms with van der Waals surface area (Å²) in [4.78, 5) is 30.9. The predicted molar refractivity (Wildman–Crippen MR) is 142 cm³/mol. The number of aryl methyl sites for hydroxylation is 1. The van der Waals surface area contributed by atoms with Gasteiger partial charge in [0.2, 0.25) is 5.91 Å². The van der Waals surface area contributed by atoms with E-state index in [1.807, 2.05) is 36.1 Å². The largest absolute Gasteiger partial charge is 0.464 e. The molecule has 2 aromatic carbocycles. The summed E-state index contributed by atoms with van der Waals surface area (Å²) in [6.07, 6.45) is 5.89. The molecule has 2 amide bonds. The molecule has 3 N–H and O–H groups in total. The topological polar surface area (TPSA) is 114 Å². The zero-order valence-corrected chi connectivity index (χ0v) is 21.6. The highest BCUT2D eigenvalue weighted by Gasteiger charge is 2.30. The van der Waals surface area contributed by atoms with Crippen molar-refractivity contribution in [3.05, 3.63) is 64.2 Å². The van der Waals surface area contributed by atoms with Crippen LogP contribution in [-0.4, -0.2) is 51.6 Å². The number of carbonyl (C=O) groups excluding carboxylic acids is 2. The standard InChI is InChI=1S/C29H35N5O3/c1-3-18-16-23(19-8-7-9-19)25(27-31-29(33-32-27)37-4-2)17-24(18)28(36)34-14-12-20(13-15-34)21-10-5-6-11-22(21)26(30)35/h5-6,10-11,16-17,19-20H,3-4,7-9,12-15H2,1-2H3,(H2,30,35)(H,31,32,33). The maximum atomic E-state index is 13.8. The quantitative estimate of drug-likeness (QED) is 0.459. The molecule has 2 aliphatic rings. The molecule has 1 saturated carbocycles. The lowest BCUT2D eigenvalue weighted by atomic mass is 9.76. The highest BCUT2D eigenvalue weighted by atomic mass is 16.5. The normalized spacial score (nSPS) is 16.4. The SMILES string of the molecule is CCOc1nnc(-c2cc(C(=O)N3CCC(c4ccccc4C(N)=O)CC3)c(CC)cc2C2CCC2)[nH]1. The minimum absolute atomic E-state index is 0.0458. The fourth-order valence-electron chi connectivity index (χ4n) is 5.63. The van der Waals surface area contributed by atoms with Crippen molar-refractivity contribution < 1.29 is 14.3 Å². The molecule has 194 valence electrons. The summed E-state index contributed by atoms with van der Waals surface area (Å²) in [6.45, 7) is 5.78. The van der Waals surface area contributed by atoms with Gasteiger partial charge in [-0.2, -0.15) is 0 Å². The van der Waals surface area contributed by atoms with Crippen LogP contribution in [-0.2, 0) is 6.42 Å². The van der Waals surface area contributed by atoms with Gasteiger partial charge in [-0.25, -0.2) is 0 Å². The summed E-state index contributed by atoms with van der Waals surface area (Å²) >= 11 is 0. The molecule has 0 atom stereocenters.